The monoisotopic (exact) mass is 555 g/mol. The molecule has 0 spiro atoms. The molecule has 0 aromatic heterocycles. The van der Waals surface area contributed by atoms with Crippen LogP contribution < -0.4 is 19.9 Å². The van der Waals surface area contributed by atoms with Crippen molar-refractivity contribution in [2.75, 3.05) is 22.2 Å². The third-order valence-electron chi connectivity index (χ3n) is 7.64. The SMILES string of the molecule is COc1ccc([N+](=O)[O-])cc1N1C(=O)[C@@H]2[C@@H](C1=O)[C@@H](C(=O)Nc1ccc([N+](=O)[O-])cc1)N1c3ccccc3C=C[C@H]21. The van der Waals surface area contributed by atoms with Crippen LogP contribution >= 0.6 is 0 Å². The molecule has 206 valence electrons. The first-order valence-corrected chi connectivity index (χ1v) is 12.5. The second kappa shape index (κ2) is 9.55. The molecule has 3 amide bonds. The van der Waals surface area contributed by atoms with Crippen molar-refractivity contribution in [2.24, 2.45) is 11.8 Å². The molecule has 0 radical (unpaired) electrons. The Kier molecular flexibility index (Phi) is 5.98. The Balaban J connectivity index is 1.43. The van der Waals surface area contributed by atoms with Gasteiger partial charge in [0.2, 0.25) is 17.7 Å². The Morgan fingerprint density at radius 2 is 1.54 bits per heavy atom. The number of non-ortho nitro benzene ring substituents is 2. The van der Waals surface area contributed by atoms with Crippen LogP contribution in [0.3, 0.4) is 0 Å². The zero-order chi connectivity index (χ0) is 29.0. The van der Waals surface area contributed by atoms with Crippen molar-refractivity contribution in [2.45, 2.75) is 12.1 Å². The molecule has 13 nitrogen and oxygen atoms in total. The summed E-state index contributed by atoms with van der Waals surface area (Å²) in [4.78, 5) is 65.9. The van der Waals surface area contributed by atoms with Gasteiger partial charge < -0.3 is 15.0 Å². The summed E-state index contributed by atoms with van der Waals surface area (Å²) in [6.45, 7) is 0. The number of rotatable bonds is 6. The van der Waals surface area contributed by atoms with E-state index in [0.717, 1.165) is 16.5 Å². The molecule has 41 heavy (non-hydrogen) atoms. The summed E-state index contributed by atoms with van der Waals surface area (Å²) in [6.07, 6.45) is 3.61. The number of amides is 3. The molecule has 4 atom stereocenters. The Morgan fingerprint density at radius 1 is 0.878 bits per heavy atom. The molecule has 2 saturated heterocycles. The van der Waals surface area contributed by atoms with Crippen LogP contribution in [0.1, 0.15) is 5.56 Å². The number of nitro groups is 2. The van der Waals surface area contributed by atoms with Gasteiger partial charge in [-0.05, 0) is 29.8 Å². The highest BCUT2D eigenvalue weighted by molar-refractivity contribution is 6.26. The van der Waals surface area contributed by atoms with Crippen molar-refractivity contribution in [3.63, 3.8) is 0 Å². The first kappa shape index (κ1) is 25.7. The van der Waals surface area contributed by atoms with Crippen LogP contribution in [0.15, 0.2) is 72.8 Å². The molecule has 3 aromatic rings. The van der Waals surface area contributed by atoms with Crippen LogP contribution in [0.4, 0.5) is 28.4 Å². The number of nitro benzene ring substituents is 2. The number of imide groups is 1. The Morgan fingerprint density at radius 3 is 2.22 bits per heavy atom. The van der Waals surface area contributed by atoms with Crippen molar-refractivity contribution in [1.29, 1.82) is 0 Å². The van der Waals surface area contributed by atoms with Gasteiger partial charge in [-0.2, -0.15) is 0 Å². The number of carbonyl (C=O) groups excluding carboxylic acids is 3. The lowest BCUT2D eigenvalue weighted by Crippen LogP contribution is -2.50. The summed E-state index contributed by atoms with van der Waals surface area (Å²) >= 11 is 0. The highest BCUT2D eigenvalue weighted by atomic mass is 16.6. The molecular formula is C28H21N5O8. The minimum atomic E-state index is -1.14. The van der Waals surface area contributed by atoms with E-state index in [1.807, 2.05) is 18.2 Å². The fourth-order valence-corrected chi connectivity index (χ4v) is 5.90. The van der Waals surface area contributed by atoms with E-state index in [1.165, 1.54) is 43.5 Å². The number of para-hydroxylation sites is 1. The third kappa shape index (κ3) is 3.97. The number of nitrogens with zero attached hydrogens (tertiary/aromatic N) is 4. The minimum Gasteiger partial charge on any atom is -0.495 e. The highest BCUT2D eigenvalue weighted by Gasteiger charge is 2.64. The third-order valence-corrected chi connectivity index (χ3v) is 7.64. The lowest BCUT2D eigenvalue weighted by atomic mass is 9.88. The number of hydrogen-bond donors (Lipinski definition) is 1. The van der Waals surface area contributed by atoms with Crippen molar-refractivity contribution >= 4 is 52.2 Å². The molecule has 3 aliphatic rings. The van der Waals surface area contributed by atoms with Crippen LogP contribution in [0.5, 0.6) is 5.75 Å². The molecule has 3 heterocycles. The second-order valence-corrected chi connectivity index (χ2v) is 9.73. The topological polar surface area (TPSA) is 165 Å². The molecule has 6 rings (SSSR count). The number of methoxy groups -OCH3 is 1. The normalized spacial score (nSPS) is 22.2. The Bertz CT molecular complexity index is 1670. The van der Waals surface area contributed by atoms with E-state index >= 15 is 0 Å². The van der Waals surface area contributed by atoms with Gasteiger partial charge in [0, 0.05) is 35.6 Å². The standard InChI is InChI=1S/C28H21N5O8/c1-41-22-13-11-18(33(39)40)14-21(22)31-27(35)23-20-12-6-15-4-2-3-5-19(15)30(20)25(24(23)28(31)36)26(34)29-16-7-9-17(10-8-16)32(37)38/h2-14,20,23-25H,1H3,(H,29,34)/t20-,23+,24-,25+/m1/s1. The second-order valence-electron chi connectivity index (χ2n) is 9.73. The summed E-state index contributed by atoms with van der Waals surface area (Å²) < 4.78 is 5.32. The van der Waals surface area contributed by atoms with E-state index in [9.17, 15) is 34.6 Å². The largest absolute Gasteiger partial charge is 0.495 e. The first-order chi connectivity index (χ1) is 19.7. The zero-order valence-corrected chi connectivity index (χ0v) is 21.4. The van der Waals surface area contributed by atoms with E-state index in [-0.39, 0.29) is 28.5 Å². The molecular weight excluding hydrogens is 534 g/mol. The van der Waals surface area contributed by atoms with Crippen LogP contribution in [0.2, 0.25) is 0 Å². The Labute approximate surface area is 231 Å². The van der Waals surface area contributed by atoms with Crippen molar-refractivity contribution < 1.29 is 29.0 Å². The lowest BCUT2D eigenvalue weighted by molar-refractivity contribution is -0.385. The fourth-order valence-electron chi connectivity index (χ4n) is 5.90. The predicted octanol–water partition coefficient (Wildman–Crippen LogP) is 3.54. The van der Waals surface area contributed by atoms with Crippen LogP contribution in [-0.4, -0.2) is 46.8 Å². The van der Waals surface area contributed by atoms with Gasteiger partial charge >= 0.3 is 0 Å². The van der Waals surface area contributed by atoms with Gasteiger partial charge in [-0.15, -0.1) is 0 Å². The summed E-state index contributed by atoms with van der Waals surface area (Å²) in [7, 11) is 1.32. The van der Waals surface area contributed by atoms with E-state index in [2.05, 4.69) is 5.32 Å². The van der Waals surface area contributed by atoms with Crippen molar-refractivity contribution in [3.8, 4) is 5.75 Å². The number of ether oxygens (including phenoxy) is 1. The van der Waals surface area contributed by atoms with Gasteiger partial charge in [0.05, 0.1) is 34.8 Å². The first-order valence-electron chi connectivity index (χ1n) is 12.5. The summed E-state index contributed by atoms with van der Waals surface area (Å²) in [5.41, 5.74) is 1.17. The number of hydrogen-bond acceptors (Lipinski definition) is 9. The molecule has 0 bridgehead atoms. The summed E-state index contributed by atoms with van der Waals surface area (Å²) in [5.74, 6) is -3.90. The number of benzene rings is 3. The molecule has 0 saturated carbocycles. The smallest absolute Gasteiger partial charge is 0.271 e. The molecule has 1 N–H and O–H groups in total. The predicted molar refractivity (Wildman–Crippen MR) is 146 cm³/mol. The van der Waals surface area contributed by atoms with Crippen molar-refractivity contribution in [1.82, 2.24) is 0 Å². The van der Waals surface area contributed by atoms with E-state index in [0.29, 0.717) is 5.69 Å². The molecule has 3 aliphatic heterocycles. The van der Waals surface area contributed by atoms with Crippen LogP contribution in [0, 0.1) is 32.1 Å². The number of carbonyl (C=O) groups is 3. The highest BCUT2D eigenvalue weighted by Crippen LogP contribution is 2.50. The van der Waals surface area contributed by atoms with Gasteiger partial charge in [0.25, 0.3) is 11.4 Å². The van der Waals surface area contributed by atoms with Crippen LogP contribution in [0.25, 0.3) is 6.08 Å². The minimum absolute atomic E-state index is 0.0765. The summed E-state index contributed by atoms with van der Waals surface area (Å²) in [6, 6.07) is 14.3. The lowest BCUT2D eigenvalue weighted by Gasteiger charge is -2.36. The van der Waals surface area contributed by atoms with Gasteiger partial charge in [-0.25, -0.2) is 4.90 Å². The molecule has 2 fully saturated rings. The number of anilines is 3. The average molecular weight is 556 g/mol. The maximum atomic E-state index is 14.1. The van der Waals surface area contributed by atoms with Gasteiger partial charge in [-0.3, -0.25) is 34.6 Å². The maximum Gasteiger partial charge on any atom is 0.271 e. The van der Waals surface area contributed by atoms with Crippen molar-refractivity contribution in [3.05, 3.63) is 98.6 Å². The average Bonchev–Trinajstić information content (AvgIpc) is 3.45. The Hall–Kier alpha value is -5.59. The molecule has 0 unspecified atom stereocenters. The quantitative estimate of drug-likeness (QED) is 0.272. The number of nitrogens with one attached hydrogen (secondary N) is 1. The zero-order valence-electron chi connectivity index (χ0n) is 21.4. The van der Waals surface area contributed by atoms with E-state index in [4.69, 9.17) is 4.74 Å². The molecule has 0 aliphatic carbocycles. The van der Waals surface area contributed by atoms with Crippen LogP contribution in [-0.2, 0) is 14.4 Å². The van der Waals surface area contributed by atoms with E-state index < -0.39 is 51.5 Å². The fraction of sp³-hybridized carbons (Fsp3) is 0.179. The number of fused-ring (bicyclic) bond motifs is 5. The van der Waals surface area contributed by atoms with Gasteiger partial charge in [0.15, 0.2) is 0 Å². The van der Waals surface area contributed by atoms with Gasteiger partial charge in [-0.1, -0.05) is 30.4 Å². The molecule has 3 aromatic carbocycles. The van der Waals surface area contributed by atoms with Gasteiger partial charge in [0.1, 0.15) is 17.5 Å². The molecule has 13 heteroatoms. The summed E-state index contributed by atoms with van der Waals surface area (Å²) in [5, 5.41) is 25.3. The van der Waals surface area contributed by atoms with E-state index in [1.54, 1.807) is 23.1 Å². The maximum absolute atomic E-state index is 14.1.